The number of hydrogen-bond donors (Lipinski definition) is 2. The maximum absolute atomic E-state index is 13.3. The van der Waals surface area contributed by atoms with E-state index in [0.717, 1.165) is 0 Å². The van der Waals surface area contributed by atoms with Gasteiger partial charge in [0.25, 0.3) is 0 Å². The highest BCUT2D eigenvalue weighted by molar-refractivity contribution is 6.03. The SMILES string of the molecule is O=C(O)C1(C(=O)NCc2ccccc2F)COC1. The molecule has 2 rings (SSSR count). The summed E-state index contributed by atoms with van der Waals surface area (Å²) in [5.74, 6) is -2.31. The van der Waals surface area contributed by atoms with E-state index < -0.39 is 23.1 Å². The lowest BCUT2D eigenvalue weighted by molar-refractivity contribution is -0.185. The van der Waals surface area contributed by atoms with Crippen LogP contribution < -0.4 is 5.32 Å². The van der Waals surface area contributed by atoms with Crippen LogP contribution in [-0.2, 0) is 20.9 Å². The molecular formula is C12H12FNO4. The topological polar surface area (TPSA) is 75.6 Å². The van der Waals surface area contributed by atoms with Crippen molar-refractivity contribution < 1.29 is 23.8 Å². The fraction of sp³-hybridized carbons (Fsp3) is 0.333. The van der Waals surface area contributed by atoms with Crippen molar-refractivity contribution in [2.24, 2.45) is 5.41 Å². The first-order valence-electron chi connectivity index (χ1n) is 5.39. The largest absolute Gasteiger partial charge is 0.480 e. The number of benzene rings is 1. The van der Waals surface area contributed by atoms with Gasteiger partial charge in [-0.25, -0.2) is 4.39 Å². The first kappa shape index (κ1) is 12.5. The van der Waals surface area contributed by atoms with E-state index in [1.165, 1.54) is 12.1 Å². The maximum Gasteiger partial charge on any atom is 0.324 e. The van der Waals surface area contributed by atoms with Gasteiger partial charge in [0.1, 0.15) is 5.82 Å². The number of carboxylic acids is 1. The minimum Gasteiger partial charge on any atom is -0.480 e. The first-order chi connectivity index (χ1) is 8.56. The fourth-order valence-corrected chi connectivity index (χ4v) is 1.64. The third kappa shape index (κ3) is 2.06. The van der Waals surface area contributed by atoms with Gasteiger partial charge in [0, 0.05) is 12.1 Å². The van der Waals surface area contributed by atoms with E-state index in [1.54, 1.807) is 12.1 Å². The first-order valence-corrected chi connectivity index (χ1v) is 5.39. The van der Waals surface area contributed by atoms with Crippen LogP contribution in [-0.4, -0.2) is 30.2 Å². The monoisotopic (exact) mass is 253 g/mol. The number of ether oxygens (including phenoxy) is 1. The van der Waals surface area contributed by atoms with E-state index in [9.17, 15) is 14.0 Å². The Kier molecular flexibility index (Phi) is 3.29. The number of carbonyl (C=O) groups is 2. The number of nitrogens with one attached hydrogen (secondary N) is 1. The minimum atomic E-state index is -1.52. The van der Waals surface area contributed by atoms with Crippen molar-refractivity contribution in [3.8, 4) is 0 Å². The molecule has 0 saturated carbocycles. The van der Waals surface area contributed by atoms with Crippen molar-refractivity contribution in [3.63, 3.8) is 0 Å². The molecule has 1 amide bonds. The summed E-state index contributed by atoms with van der Waals surface area (Å²) in [7, 11) is 0. The third-order valence-electron chi connectivity index (χ3n) is 2.94. The highest BCUT2D eigenvalue weighted by Gasteiger charge is 2.53. The van der Waals surface area contributed by atoms with Crippen LogP contribution >= 0.6 is 0 Å². The van der Waals surface area contributed by atoms with E-state index in [-0.39, 0.29) is 19.8 Å². The molecule has 1 aliphatic rings. The second-order valence-electron chi connectivity index (χ2n) is 4.15. The van der Waals surface area contributed by atoms with E-state index in [4.69, 9.17) is 9.84 Å². The molecule has 0 radical (unpaired) electrons. The predicted molar refractivity (Wildman–Crippen MR) is 59.1 cm³/mol. The second kappa shape index (κ2) is 4.73. The molecule has 0 aliphatic carbocycles. The number of aliphatic carboxylic acids is 1. The van der Waals surface area contributed by atoms with Gasteiger partial charge in [-0.05, 0) is 6.07 Å². The van der Waals surface area contributed by atoms with Gasteiger partial charge in [0.15, 0.2) is 5.41 Å². The smallest absolute Gasteiger partial charge is 0.324 e. The van der Waals surface area contributed by atoms with Gasteiger partial charge in [-0.2, -0.15) is 0 Å². The van der Waals surface area contributed by atoms with Crippen LogP contribution in [0.3, 0.4) is 0 Å². The molecule has 1 heterocycles. The molecule has 5 nitrogen and oxygen atoms in total. The Bertz CT molecular complexity index is 485. The van der Waals surface area contributed by atoms with Gasteiger partial charge < -0.3 is 15.2 Å². The highest BCUT2D eigenvalue weighted by atomic mass is 19.1. The summed E-state index contributed by atoms with van der Waals surface area (Å²) < 4.78 is 18.1. The Labute approximate surface area is 103 Å². The van der Waals surface area contributed by atoms with Crippen molar-refractivity contribution in [2.75, 3.05) is 13.2 Å². The number of amides is 1. The maximum atomic E-state index is 13.3. The lowest BCUT2D eigenvalue weighted by atomic mass is 9.85. The molecule has 2 N–H and O–H groups in total. The Morgan fingerprint density at radius 1 is 1.39 bits per heavy atom. The predicted octanol–water partition coefficient (Wildman–Crippen LogP) is 0.543. The lowest BCUT2D eigenvalue weighted by Crippen LogP contribution is -2.58. The van der Waals surface area contributed by atoms with Crippen LogP contribution in [0, 0.1) is 11.2 Å². The molecule has 1 aromatic rings. The number of rotatable bonds is 4. The summed E-state index contributed by atoms with van der Waals surface area (Å²) in [6, 6.07) is 5.99. The molecule has 1 saturated heterocycles. The van der Waals surface area contributed by atoms with E-state index in [2.05, 4.69) is 5.32 Å². The summed E-state index contributed by atoms with van der Waals surface area (Å²) in [4.78, 5) is 22.8. The van der Waals surface area contributed by atoms with E-state index in [0.29, 0.717) is 5.56 Å². The Balaban J connectivity index is 2.01. The van der Waals surface area contributed by atoms with Crippen LogP contribution in [0.25, 0.3) is 0 Å². The normalized spacial score (nSPS) is 16.7. The molecule has 0 bridgehead atoms. The van der Waals surface area contributed by atoms with Crippen molar-refractivity contribution in [1.82, 2.24) is 5.32 Å². The van der Waals surface area contributed by atoms with Crippen LogP contribution in [0.15, 0.2) is 24.3 Å². The molecule has 1 aromatic carbocycles. The van der Waals surface area contributed by atoms with E-state index >= 15 is 0 Å². The summed E-state index contributed by atoms with van der Waals surface area (Å²) >= 11 is 0. The second-order valence-corrected chi connectivity index (χ2v) is 4.15. The van der Waals surface area contributed by atoms with Crippen LogP contribution in [0.5, 0.6) is 0 Å². The highest BCUT2D eigenvalue weighted by Crippen LogP contribution is 2.28. The number of carbonyl (C=O) groups excluding carboxylic acids is 1. The molecule has 18 heavy (non-hydrogen) atoms. The Morgan fingerprint density at radius 3 is 2.56 bits per heavy atom. The van der Waals surface area contributed by atoms with Crippen molar-refractivity contribution in [1.29, 1.82) is 0 Å². The fourth-order valence-electron chi connectivity index (χ4n) is 1.64. The summed E-state index contributed by atoms with van der Waals surface area (Å²) in [5.41, 5.74) is -1.21. The molecule has 96 valence electrons. The van der Waals surface area contributed by atoms with Crippen molar-refractivity contribution in [2.45, 2.75) is 6.54 Å². The van der Waals surface area contributed by atoms with Gasteiger partial charge in [-0.1, -0.05) is 18.2 Å². The average molecular weight is 253 g/mol. The molecule has 1 aliphatic heterocycles. The van der Waals surface area contributed by atoms with Crippen LogP contribution in [0.4, 0.5) is 4.39 Å². The molecule has 6 heteroatoms. The van der Waals surface area contributed by atoms with Gasteiger partial charge in [-0.3, -0.25) is 9.59 Å². The van der Waals surface area contributed by atoms with Gasteiger partial charge in [-0.15, -0.1) is 0 Å². The summed E-state index contributed by atoms with van der Waals surface area (Å²) in [6.45, 7) is -0.336. The van der Waals surface area contributed by atoms with Crippen molar-refractivity contribution >= 4 is 11.9 Å². The zero-order chi connectivity index (χ0) is 13.2. The van der Waals surface area contributed by atoms with Gasteiger partial charge in [0.05, 0.1) is 13.2 Å². The standard InChI is InChI=1S/C12H12FNO4/c13-9-4-2-1-3-8(9)5-14-10(15)12(11(16)17)6-18-7-12/h1-4H,5-7H2,(H,14,15)(H,16,17). The molecule has 0 unspecified atom stereocenters. The number of hydrogen-bond acceptors (Lipinski definition) is 3. The number of halogens is 1. The quantitative estimate of drug-likeness (QED) is 0.768. The molecule has 0 aromatic heterocycles. The Morgan fingerprint density at radius 2 is 2.06 bits per heavy atom. The van der Waals surface area contributed by atoms with E-state index in [1.807, 2.05) is 0 Å². The minimum absolute atomic E-state index is 0.0411. The molecule has 0 atom stereocenters. The van der Waals surface area contributed by atoms with Crippen LogP contribution in [0.2, 0.25) is 0 Å². The molecule has 1 fully saturated rings. The van der Waals surface area contributed by atoms with Crippen molar-refractivity contribution in [3.05, 3.63) is 35.6 Å². The lowest BCUT2D eigenvalue weighted by Gasteiger charge is -2.35. The molecule has 0 spiro atoms. The van der Waals surface area contributed by atoms with Gasteiger partial charge in [0.2, 0.25) is 5.91 Å². The third-order valence-corrected chi connectivity index (χ3v) is 2.94. The molecular weight excluding hydrogens is 241 g/mol. The average Bonchev–Trinajstić information content (AvgIpc) is 2.26. The number of carboxylic acid groups (broad SMARTS) is 1. The Hall–Kier alpha value is -1.95. The summed E-state index contributed by atoms with van der Waals surface area (Å²) in [6.07, 6.45) is 0. The summed E-state index contributed by atoms with van der Waals surface area (Å²) in [5, 5.41) is 11.4. The van der Waals surface area contributed by atoms with Gasteiger partial charge >= 0.3 is 5.97 Å². The zero-order valence-corrected chi connectivity index (χ0v) is 9.48. The van der Waals surface area contributed by atoms with Crippen LogP contribution in [0.1, 0.15) is 5.56 Å². The zero-order valence-electron chi connectivity index (χ0n) is 9.48.